The third-order valence-electron chi connectivity index (χ3n) is 3.45. The van der Waals surface area contributed by atoms with Crippen LogP contribution in [-0.4, -0.2) is 19.0 Å². The van der Waals surface area contributed by atoms with Crippen LogP contribution in [0.5, 0.6) is 0 Å². The van der Waals surface area contributed by atoms with Crippen molar-refractivity contribution in [2.75, 3.05) is 18.0 Å². The minimum Gasteiger partial charge on any atom is -0.329 e. The molecule has 2 N–H and O–H groups in total. The number of benzene rings is 1. The van der Waals surface area contributed by atoms with Crippen LogP contribution in [0.3, 0.4) is 0 Å². The van der Waals surface area contributed by atoms with E-state index in [2.05, 4.69) is 0 Å². The number of anilines is 1. The predicted octanol–water partition coefficient (Wildman–Crippen LogP) is 2.55. The topological polar surface area (TPSA) is 46.3 Å². The van der Waals surface area contributed by atoms with Crippen molar-refractivity contribution in [3.8, 4) is 0 Å². The lowest BCUT2D eigenvalue weighted by Gasteiger charge is -2.32. The molecule has 0 spiro atoms. The van der Waals surface area contributed by atoms with Crippen LogP contribution in [0.4, 0.5) is 10.1 Å². The summed E-state index contributed by atoms with van der Waals surface area (Å²) in [5.74, 6) is -0.511. The molecule has 1 amide bonds. The first kappa shape index (κ1) is 14.6. The maximum atomic E-state index is 13.8. The van der Waals surface area contributed by atoms with E-state index in [1.54, 1.807) is 18.2 Å². The van der Waals surface area contributed by atoms with E-state index in [0.717, 1.165) is 0 Å². The summed E-state index contributed by atoms with van der Waals surface area (Å²) in [5, 5.41) is 0. The number of nitrogens with two attached hydrogens (primary N) is 1. The van der Waals surface area contributed by atoms with Gasteiger partial charge in [-0.15, -0.1) is 0 Å². The molecule has 0 aliphatic rings. The maximum Gasteiger partial charge on any atom is 0.234 e. The number of amides is 1. The summed E-state index contributed by atoms with van der Waals surface area (Å²) < 4.78 is 13.8. The third-order valence-corrected chi connectivity index (χ3v) is 3.45. The van der Waals surface area contributed by atoms with Gasteiger partial charge < -0.3 is 10.6 Å². The second kappa shape index (κ2) is 5.96. The molecule has 18 heavy (non-hydrogen) atoms. The van der Waals surface area contributed by atoms with Crippen LogP contribution in [0.1, 0.15) is 27.2 Å². The van der Waals surface area contributed by atoms with Gasteiger partial charge in [0, 0.05) is 13.1 Å². The van der Waals surface area contributed by atoms with Crippen molar-refractivity contribution in [2.24, 2.45) is 11.1 Å². The third kappa shape index (κ3) is 2.70. The second-order valence-corrected chi connectivity index (χ2v) is 4.62. The molecular weight excluding hydrogens is 231 g/mol. The Labute approximate surface area is 108 Å². The largest absolute Gasteiger partial charge is 0.329 e. The average molecular weight is 252 g/mol. The summed E-state index contributed by atoms with van der Waals surface area (Å²) in [6.07, 6.45) is 0.632. The van der Waals surface area contributed by atoms with Crippen molar-refractivity contribution >= 4 is 11.6 Å². The molecular formula is C14H21FN2O. The van der Waals surface area contributed by atoms with Gasteiger partial charge in [-0.05, 0) is 32.4 Å². The minimum absolute atomic E-state index is 0.125. The molecule has 0 fully saturated rings. The van der Waals surface area contributed by atoms with Crippen LogP contribution in [0, 0.1) is 11.2 Å². The lowest BCUT2D eigenvalue weighted by Crippen LogP contribution is -2.46. The first-order chi connectivity index (χ1) is 8.50. The summed E-state index contributed by atoms with van der Waals surface area (Å²) in [4.78, 5) is 14.0. The number of hydrogen-bond donors (Lipinski definition) is 1. The van der Waals surface area contributed by atoms with Crippen molar-refractivity contribution in [3.63, 3.8) is 0 Å². The maximum absolute atomic E-state index is 13.8. The smallest absolute Gasteiger partial charge is 0.234 e. The van der Waals surface area contributed by atoms with Crippen LogP contribution in [-0.2, 0) is 4.79 Å². The van der Waals surface area contributed by atoms with Gasteiger partial charge in [-0.25, -0.2) is 4.39 Å². The Kier molecular flexibility index (Phi) is 4.84. The highest BCUT2D eigenvalue weighted by Crippen LogP contribution is 2.27. The zero-order valence-corrected chi connectivity index (χ0v) is 11.2. The van der Waals surface area contributed by atoms with E-state index in [1.165, 1.54) is 11.0 Å². The van der Waals surface area contributed by atoms with Crippen LogP contribution < -0.4 is 10.6 Å². The fourth-order valence-electron chi connectivity index (χ4n) is 1.80. The van der Waals surface area contributed by atoms with Crippen molar-refractivity contribution in [3.05, 3.63) is 30.1 Å². The number of hydrogen-bond acceptors (Lipinski definition) is 2. The van der Waals surface area contributed by atoms with E-state index in [0.29, 0.717) is 18.7 Å². The van der Waals surface area contributed by atoms with Crippen molar-refractivity contribution in [1.29, 1.82) is 0 Å². The summed E-state index contributed by atoms with van der Waals surface area (Å²) in [5.41, 5.74) is 5.36. The van der Waals surface area contributed by atoms with E-state index in [4.69, 9.17) is 5.73 Å². The van der Waals surface area contributed by atoms with E-state index in [9.17, 15) is 9.18 Å². The Bertz CT molecular complexity index is 416. The Balaban J connectivity index is 3.12. The van der Waals surface area contributed by atoms with Gasteiger partial charge >= 0.3 is 0 Å². The summed E-state index contributed by atoms with van der Waals surface area (Å²) >= 11 is 0. The van der Waals surface area contributed by atoms with E-state index in [-0.39, 0.29) is 18.3 Å². The zero-order chi connectivity index (χ0) is 13.8. The Morgan fingerprint density at radius 1 is 1.39 bits per heavy atom. The van der Waals surface area contributed by atoms with Gasteiger partial charge in [0.1, 0.15) is 5.82 Å². The predicted molar refractivity (Wildman–Crippen MR) is 71.9 cm³/mol. The molecule has 1 rings (SSSR count). The zero-order valence-electron chi connectivity index (χ0n) is 11.2. The minimum atomic E-state index is -0.641. The molecule has 0 saturated heterocycles. The number of halogens is 1. The van der Waals surface area contributed by atoms with Gasteiger partial charge in [-0.1, -0.05) is 19.1 Å². The Morgan fingerprint density at radius 2 is 2.00 bits per heavy atom. The molecule has 1 unspecified atom stereocenters. The summed E-state index contributed by atoms with van der Waals surface area (Å²) in [6, 6.07) is 6.31. The average Bonchev–Trinajstić information content (AvgIpc) is 2.40. The Morgan fingerprint density at radius 3 is 2.44 bits per heavy atom. The molecule has 0 aromatic heterocycles. The molecule has 0 radical (unpaired) electrons. The van der Waals surface area contributed by atoms with E-state index < -0.39 is 5.41 Å². The van der Waals surface area contributed by atoms with Gasteiger partial charge in [0.15, 0.2) is 0 Å². The molecule has 0 bridgehead atoms. The fourth-order valence-corrected chi connectivity index (χ4v) is 1.80. The molecule has 0 aliphatic carbocycles. The van der Waals surface area contributed by atoms with Crippen LogP contribution >= 0.6 is 0 Å². The van der Waals surface area contributed by atoms with Gasteiger partial charge in [-0.2, -0.15) is 0 Å². The number of carbonyl (C=O) groups excluding carboxylic acids is 1. The van der Waals surface area contributed by atoms with Gasteiger partial charge in [0.25, 0.3) is 0 Å². The summed E-state index contributed by atoms with van der Waals surface area (Å²) in [7, 11) is 0. The number of para-hydroxylation sites is 1. The van der Waals surface area contributed by atoms with Gasteiger partial charge in [0.05, 0.1) is 11.1 Å². The lowest BCUT2D eigenvalue weighted by atomic mass is 9.86. The van der Waals surface area contributed by atoms with Gasteiger partial charge in [-0.3, -0.25) is 4.79 Å². The van der Waals surface area contributed by atoms with Crippen LogP contribution in [0.2, 0.25) is 0 Å². The highest BCUT2D eigenvalue weighted by Gasteiger charge is 2.34. The normalized spacial score (nSPS) is 14.1. The van der Waals surface area contributed by atoms with Crippen LogP contribution in [0.15, 0.2) is 24.3 Å². The highest BCUT2D eigenvalue weighted by atomic mass is 19.1. The van der Waals surface area contributed by atoms with Crippen molar-refractivity contribution < 1.29 is 9.18 Å². The monoisotopic (exact) mass is 252 g/mol. The molecule has 0 saturated carbocycles. The molecule has 100 valence electrons. The Hall–Kier alpha value is -1.42. The number of carbonyl (C=O) groups is 1. The molecule has 1 atom stereocenters. The van der Waals surface area contributed by atoms with Crippen molar-refractivity contribution in [1.82, 2.24) is 0 Å². The van der Waals surface area contributed by atoms with E-state index in [1.807, 2.05) is 20.8 Å². The molecule has 1 aromatic rings. The standard InChI is InChI=1S/C14H21FN2O/c1-4-14(3,10-16)13(18)17(5-2)12-9-7-6-8-11(12)15/h6-9H,4-5,10,16H2,1-3H3. The highest BCUT2D eigenvalue weighted by molar-refractivity contribution is 5.97. The quantitative estimate of drug-likeness (QED) is 0.875. The SMILES string of the molecule is CCN(C(=O)C(C)(CC)CN)c1ccccc1F. The molecule has 0 heterocycles. The molecule has 1 aromatic carbocycles. The molecule has 0 aliphatic heterocycles. The second-order valence-electron chi connectivity index (χ2n) is 4.62. The molecule has 4 heteroatoms. The lowest BCUT2D eigenvalue weighted by molar-refractivity contribution is -0.127. The number of nitrogens with zero attached hydrogens (tertiary/aromatic N) is 1. The first-order valence-corrected chi connectivity index (χ1v) is 6.26. The fraction of sp³-hybridized carbons (Fsp3) is 0.500. The first-order valence-electron chi connectivity index (χ1n) is 6.26. The van der Waals surface area contributed by atoms with Gasteiger partial charge in [0.2, 0.25) is 5.91 Å². The number of rotatable bonds is 5. The molecule has 3 nitrogen and oxygen atoms in total. The summed E-state index contributed by atoms with van der Waals surface area (Å²) in [6.45, 7) is 6.25. The van der Waals surface area contributed by atoms with Crippen molar-refractivity contribution in [2.45, 2.75) is 27.2 Å². The van der Waals surface area contributed by atoms with Crippen LogP contribution in [0.25, 0.3) is 0 Å². The van der Waals surface area contributed by atoms with E-state index >= 15 is 0 Å².